The van der Waals surface area contributed by atoms with Gasteiger partial charge in [-0.3, -0.25) is 48.4 Å². The van der Waals surface area contributed by atoms with Crippen molar-refractivity contribution in [1.82, 2.24) is 29.2 Å². The molecule has 4 saturated heterocycles. The van der Waals surface area contributed by atoms with Crippen LogP contribution in [-0.2, 0) is 52.9 Å². The summed E-state index contributed by atoms with van der Waals surface area (Å²) in [5.41, 5.74) is 9.17. The topological polar surface area (TPSA) is 175 Å². The molecule has 2 saturated carbocycles. The van der Waals surface area contributed by atoms with Crippen molar-refractivity contribution in [2.45, 2.75) is 307 Å². The molecule has 9 aliphatic rings. The van der Waals surface area contributed by atoms with Crippen LogP contribution in [0.4, 0.5) is 0 Å². The summed E-state index contributed by atoms with van der Waals surface area (Å²) in [4.78, 5) is 96.8. The number of carbonyl (C=O) groups is 7. The molecule has 6 aliphatic heterocycles. The number of Topliss-reactive ketones (excluding diaryl/α,β-unsaturated/α-hetero) is 3. The molecule has 11 rings (SSSR count). The van der Waals surface area contributed by atoms with Crippen molar-refractivity contribution in [3.63, 3.8) is 0 Å². The molecule has 1 unspecified atom stereocenters. The van der Waals surface area contributed by atoms with Crippen LogP contribution < -0.4 is 0 Å². The number of imide groups is 1. The Kier molecular flexibility index (Phi) is 51.3. The Morgan fingerprint density at radius 1 is 0.532 bits per heavy atom. The Hall–Kier alpha value is -6.64. The van der Waals surface area contributed by atoms with E-state index in [4.69, 9.17) is 0 Å². The van der Waals surface area contributed by atoms with Crippen LogP contribution >= 0.6 is 0 Å². The quantitative estimate of drug-likeness (QED) is 0.0709. The summed E-state index contributed by atoms with van der Waals surface area (Å²) in [6.45, 7) is 67.0. The van der Waals surface area contributed by atoms with Gasteiger partial charge in [-0.05, 0) is 159 Å². The fraction of sp³-hybridized carbons (Fsp3) is 0.702. The van der Waals surface area contributed by atoms with Gasteiger partial charge in [-0.15, -0.1) is 0 Å². The lowest BCUT2D eigenvalue weighted by Crippen LogP contribution is -2.32. The number of carbonyl (C=O) groups excluding carboxylic acids is 7. The van der Waals surface area contributed by atoms with Gasteiger partial charge in [0, 0.05) is 144 Å². The van der Waals surface area contributed by atoms with Crippen LogP contribution in [0.1, 0.15) is 299 Å². The molecule has 616 valence electrons. The third-order valence-corrected chi connectivity index (χ3v) is 19.4. The molecule has 3 aliphatic carbocycles. The molecule has 4 amide bonds. The first kappa shape index (κ1) is 100. The van der Waals surface area contributed by atoms with Gasteiger partial charge in [0.1, 0.15) is 11.6 Å². The van der Waals surface area contributed by atoms with Crippen molar-refractivity contribution in [2.75, 3.05) is 39.3 Å². The van der Waals surface area contributed by atoms with Gasteiger partial charge in [0.05, 0.1) is 19.3 Å². The first-order valence-electron chi connectivity index (χ1n) is 42.3. The number of hydrogen-bond acceptors (Lipinski definition) is 11. The first-order chi connectivity index (χ1) is 51.2. The zero-order valence-corrected chi connectivity index (χ0v) is 73.5. The van der Waals surface area contributed by atoms with Crippen LogP contribution in [-0.4, -0.2) is 122 Å². The fourth-order valence-corrected chi connectivity index (χ4v) is 13.9. The molecule has 6 fully saturated rings. The highest BCUT2D eigenvalue weighted by Crippen LogP contribution is 2.32. The molecule has 109 heavy (non-hydrogen) atoms. The minimum atomic E-state index is -0.0105. The number of aliphatic imine (C=N–C) groups is 2. The number of likely N-dealkylation sites (tertiary alicyclic amines) is 4. The second-order valence-corrected chi connectivity index (χ2v) is 36.1. The lowest BCUT2D eigenvalue weighted by molar-refractivity contribution is -0.139. The lowest BCUT2D eigenvalue weighted by atomic mass is 9.95. The molecule has 7 heterocycles. The molecular weight excluding hydrogens is 1350 g/mol. The van der Waals surface area contributed by atoms with E-state index in [-0.39, 0.29) is 47.5 Å². The number of benzene rings is 1. The van der Waals surface area contributed by atoms with Crippen LogP contribution in [0.2, 0.25) is 0 Å². The Morgan fingerprint density at radius 2 is 1.04 bits per heavy atom. The number of rotatable bonds is 20. The predicted molar refractivity (Wildman–Crippen MR) is 460 cm³/mol. The van der Waals surface area contributed by atoms with Crippen LogP contribution in [0.25, 0.3) is 0 Å². The smallest absolute Gasteiger partial charge is 0.229 e. The van der Waals surface area contributed by atoms with E-state index < -0.39 is 0 Å². The average molecular weight is 1510 g/mol. The van der Waals surface area contributed by atoms with Gasteiger partial charge in [0.2, 0.25) is 23.6 Å². The SMILES string of the molecule is C=C(C)C(C)C.C=C1CC(=O)CN1CC(C)C.C=C1CCC(=O)N1CC(C)C.CC(C)C(=O)N1CCCC1.CC(C)CC1=CCC=N1.CC(C)CC1=CN=CC1.CC(C)CC1CC(=O)CC1=O.CC(C)CC1CCCC1.CC(C)CC1Cc2ccccc2C1.CC(C)CN1C(=O)CCC1=O.CC(C)Cn1ccnc1. The van der Waals surface area contributed by atoms with Gasteiger partial charge in [0.15, 0.2) is 5.78 Å². The van der Waals surface area contributed by atoms with Gasteiger partial charge < -0.3 is 19.3 Å². The summed E-state index contributed by atoms with van der Waals surface area (Å²) in [5, 5.41) is 0. The van der Waals surface area contributed by atoms with Crippen LogP contribution in [0.3, 0.4) is 0 Å². The number of fused-ring (bicyclic) bond motifs is 1. The number of ketones is 3. The highest BCUT2D eigenvalue weighted by molar-refractivity contribution is 6.07. The monoisotopic (exact) mass is 1510 g/mol. The third-order valence-electron chi connectivity index (χ3n) is 19.4. The number of aromatic nitrogens is 2. The summed E-state index contributed by atoms with van der Waals surface area (Å²) < 4.78 is 2.09. The molecule has 15 heteroatoms. The van der Waals surface area contributed by atoms with Crippen molar-refractivity contribution in [2.24, 2.45) is 92.8 Å². The van der Waals surface area contributed by atoms with E-state index >= 15 is 0 Å². The van der Waals surface area contributed by atoms with Crippen molar-refractivity contribution in [3.05, 3.63) is 114 Å². The number of nitrogens with zero attached hydrogens (tertiary/aromatic N) is 8. The fourth-order valence-electron chi connectivity index (χ4n) is 13.9. The van der Waals surface area contributed by atoms with E-state index in [0.717, 1.165) is 112 Å². The van der Waals surface area contributed by atoms with Gasteiger partial charge >= 0.3 is 0 Å². The number of hydrogen-bond donors (Lipinski definition) is 0. The van der Waals surface area contributed by atoms with Gasteiger partial charge in [-0.25, -0.2) is 4.98 Å². The van der Waals surface area contributed by atoms with Crippen LogP contribution in [0.15, 0.2) is 113 Å². The second-order valence-electron chi connectivity index (χ2n) is 36.1. The van der Waals surface area contributed by atoms with Gasteiger partial charge in [-0.1, -0.05) is 234 Å². The zero-order valence-electron chi connectivity index (χ0n) is 73.5. The molecule has 0 N–H and O–H groups in total. The Bertz CT molecular complexity index is 2980. The average Bonchev–Trinajstić information content (AvgIpc) is 1.67. The minimum Gasteiger partial charge on any atom is -0.367 e. The predicted octanol–water partition coefficient (Wildman–Crippen LogP) is 22.1. The van der Waals surface area contributed by atoms with Gasteiger partial charge in [-0.2, -0.15) is 0 Å². The molecule has 0 spiro atoms. The first-order valence-corrected chi connectivity index (χ1v) is 42.3. The van der Waals surface area contributed by atoms with Crippen molar-refractivity contribution < 1.29 is 33.6 Å². The van der Waals surface area contributed by atoms with E-state index in [1.54, 1.807) is 11.1 Å². The Morgan fingerprint density at radius 3 is 1.42 bits per heavy atom. The molecular formula is C94H158N8O7. The maximum absolute atomic E-state index is 11.3. The number of amides is 4. The normalized spacial score (nSPS) is 17.8. The summed E-state index contributed by atoms with van der Waals surface area (Å²) >= 11 is 0. The van der Waals surface area contributed by atoms with Crippen molar-refractivity contribution in [1.29, 1.82) is 0 Å². The molecule has 1 aromatic heterocycles. The molecule has 1 atom stereocenters. The van der Waals surface area contributed by atoms with E-state index in [1.165, 1.54) is 92.4 Å². The van der Waals surface area contributed by atoms with E-state index in [0.29, 0.717) is 92.4 Å². The maximum Gasteiger partial charge on any atom is 0.229 e. The van der Waals surface area contributed by atoms with E-state index in [2.05, 4.69) is 199 Å². The molecule has 1 aromatic carbocycles. The van der Waals surface area contributed by atoms with Gasteiger partial charge in [0.25, 0.3) is 0 Å². The summed E-state index contributed by atoms with van der Waals surface area (Å²) in [5.74, 6) is 10.0. The van der Waals surface area contributed by atoms with E-state index in [9.17, 15) is 33.6 Å². The summed E-state index contributed by atoms with van der Waals surface area (Å²) in [7, 11) is 0. The van der Waals surface area contributed by atoms with Crippen LogP contribution in [0.5, 0.6) is 0 Å². The highest BCUT2D eigenvalue weighted by Gasteiger charge is 2.32. The molecule has 0 bridgehead atoms. The standard InChI is InChI=1S/C13H18.2C9H15NO.C9H14O2.C9H18.C8H13NO2.C8H15NO.2C8H13N.C7H12N2.C6H12/c1-10(2)7-11-8-12-5-3-4-6-13(12)9-11;1-7(2)5-10-6-9(11)4-8(10)3;1-7(2)6-10-8(3)4-5-9(10)11;1-6(2)3-7-4-8(10)5-9(7)11;1-8(2)7-9-5-3-4-6-9;1-6(2)5-9-7(10)3-4-8(9)11;1-7(2)8(10)9-5-3-4-6-9;1-7(2)5-8-3-4-9-6-8;1-7(2)6-8-4-3-5-9-8;1-7(2)5-9-4-3-8-6-9;1-5(2)6(3)4/h3-6,10-11H,7-9H2,1-2H3;2*7H,3-6H2,1-2H3;6-7H,3-5H2,1-2H3;8-9H,3-7H2,1-2H3;6H,3-5H2,1-2H3;7H,3-6H2,1-2H3;4,6-7H,3,5H2,1-2H3;4-5,7H,3,6H2,1-2H3;3-4,6-7H,5H2,1-2H3;6H,1H2,2-4H3. The molecule has 2 aromatic rings. The minimum absolute atomic E-state index is 0.0105. The Labute approximate surface area is 666 Å². The number of imidazole rings is 1. The molecule has 0 radical (unpaired) electrons. The van der Waals surface area contributed by atoms with Crippen molar-refractivity contribution in [3.8, 4) is 0 Å². The zero-order chi connectivity index (χ0) is 82.5. The van der Waals surface area contributed by atoms with Crippen molar-refractivity contribution >= 4 is 53.4 Å². The molecule has 15 nitrogen and oxygen atoms in total. The Balaban J connectivity index is 0.000000602. The maximum atomic E-state index is 11.3. The van der Waals surface area contributed by atoms with Crippen LogP contribution in [0, 0.1) is 82.9 Å². The largest absolute Gasteiger partial charge is 0.367 e. The summed E-state index contributed by atoms with van der Waals surface area (Å²) in [6, 6.07) is 8.90. The second kappa shape index (κ2) is 55.7. The lowest BCUT2D eigenvalue weighted by Gasteiger charge is -2.19. The van der Waals surface area contributed by atoms with E-state index in [1.807, 2.05) is 81.8 Å². The third kappa shape index (κ3) is 47.4. The summed E-state index contributed by atoms with van der Waals surface area (Å²) in [6.07, 6.45) is 36.6. The highest BCUT2D eigenvalue weighted by atomic mass is 16.2. The number of allylic oxidation sites excluding steroid dienone is 6.